The van der Waals surface area contributed by atoms with Crippen LogP contribution in [-0.4, -0.2) is 84.9 Å². The highest BCUT2D eigenvalue weighted by molar-refractivity contribution is 7.15. The average Bonchev–Trinajstić information content (AvgIpc) is 4.09. The number of hydrogen-bond acceptors (Lipinski definition) is 12. The second-order valence-electron chi connectivity index (χ2n) is 18.1. The highest BCUT2D eigenvalue weighted by Gasteiger charge is 2.42. The summed E-state index contributed by atoms with van der Waals surface area (Å²) in [6.07, 6.45) is 1.16. The number of hydrogen-bond donors (Lipinski definition) is 3. The van der Waals surface area contributed by atoms with Crippen molar-refractivity contribution in [3.05, 3.63) is 122 Å². The number of likely N-dealkylation sites (tertiary alicyclic amines) is 1. The van der Waals surface area contributed by atoms with Gasteiger partial charge in [-0.15, -0.1) is 32.9 Å². The SMILES string of the molecule is COC(=O)CC1N=C(c2ccc(-c3ccc(C(=O)NC(C(=O)N4CCCC4C(=O)NC(C)c4ccc(-c5scnc5C)cc4)C(C)(C)C)cc3O)cc2)c2c(sc(C)c2C)-n2c(C)nnc21. The van der Waals surface area contributed by atoms with Gasteiger partial charge in [0.05, 0.1) is 41.4 Å². The molecule has 4 atom stereocenters. The van der Waals surface area contributed by atoms with Crippen LogP contribution in [0.25, 0.3) is 26.6 Å². The second-order valence-corrected chi connectivity index (χ2v) is 20.1. The number of nitrogens with one attached hydrogen (secondary N) is 2. The first-order valence-corrected chi connectivity index (χ1v) is 23.7. The van der Waals surface area contributed by atoms with Gasteiger partial charge in [-0.25, -0.2) is 4.98 Å². The number of phenolic OH excluding ortho intramolecular Hbond substituents is 1. The second kappa shape index (κ2) is 18.4. The van der Waals surface area contributed by atoms with Gasteiger partial charge in [0.15, 0.2) is 5.82 Å². The smallest absolute Gasteiger partial charge is 0.308 e. The van der Waals surface area contributed by atoms with Crippen LogP contribution in [0.3, 0.4) is 0 Å². The molecule has 0 spiro atoms. The summed E-state index contributed by atoms with van der Waals surface area (Å²) >= 11 is 3.21. The van der Waals surface area contributed by atoms with Crippen LogP contribution >= 0.6 is 22.7 Å². The summed E-state index contributed by atoms with van der Waals surface area (Å²) in [6.45, 7) is 15.9. The van der Waals surface area contributed by atoms with Crippen LogP contribution in [0.5, 0.6) is 5.75 Å². The number of methoxy groups -OCH3 is 1. The van der Waals surface area contributed by atoms with Crippen LogP contribution < -0.4 is 10.6 Å². The summed E-state index contributed by atoms with van der Waals surface area (Å²) in [5, 5.41) is 27.1. The van der Waals surface area contributed by atoms with E-state index in [0.29, 0.717) is 47.9 Å². The molecule has 0 bridgehead atoms. The minimum absolute atomic E-state index is 0.0114. The lowest BCUT2D eigenvalue weighted by Gasteiger charge is -2.35. The molecule has 3 N–H and O–H groups in total. The zero-order chi connectivity index (χ0) is 47.2. The molecule has 14 nitrogen and oxygen atoms in total. The molecule has 342 valence electrons. The predicted molar refractivity (Wildman–Crippen MR) is 256 cm³/mol. The standard InChI is InChI=1S/C50H54N8O6S2/c1-26-29(4)66-49-41(26)42(53-37(24-40(60)64-9)45-56-55-30(5)58(45)49)33-16-14-32(15-17-33)36-21-20-35(23-39(36)59)46(61)54-44(50(6,7)8)48(63)57-22-10-11-38(57)47(62)52-27(2)31-12-18-34(19-13-31)43-28(3)51-25-65-43/h12-21,23,25,27,37-38,44,59H,10-11,22,24H2,1-9H3,(H,52,62)(H,54,61). The number of nitrogens with zero attached hydrogens (tertiary/aromatic N) is 6. The Morgan fingerprint density at radius 2 is 1.62 bits per heavy atom. The maximum atomic E-state index is 14.3. The van der Waals surface area contributed by atoms with Gasteiger partial charge in [0.25, 0.3) is 5.91 Å². The number of amides is 3. The number of ether oxygens (including phenoxy) is 1. The van der Waals surface area contributed by atoms with Crippen LogP contribution in [0.1, 0.15) is 114 Å². The number of phenols is 1. The number of fused-ring (bicyclic) bond motifs is 3. The molecule has 3 aromatic heterocycles. The monoisotopic (exact) mass is 926 g/mol. The Labute approximate surface area is 392 Å². The molecule has 2 aliphatic heterocycles. The van der Waals surface area contributed by atoms with Gasteiger partial charge in [0, 0.05) is 33.7 Å². The Morgan fingerprint density at radius 3 is 2.27 bits per heavy atom. The summed E-state index contributed by atoms with van der Waals surface area (Å²) in [6, 6.07) is 17.8. The van der Waals surface area contributed by atoms with Gasteiger partial charge in [-0.2, -0.15) is 0 Å². The predicted octanol–water partition coefficient (Wildman–Crippen LogP) is 8.53. The Bertz CT molecular complexity index is 2870. The van der Waals surface area contributed by atoms with E-state index in [9.17, 15) is 24.3 Å². The minimum atomic E-state index is -0.956. The molecular weight excluding hydrogens is 873 g/mol. The molecule has 0 radical (unpaired) electrons. The van der Waals surface area contributed by atoms with Crippen LogP contribution in [-0.2, 0) is 19.1 Å². The molecule has 0 aliphatic carbocycles. The fraction of sp³-hybridized carbons (Fsp3) is 0.360. The van der Waals surface area contributed by atoms with Crippen LogP contribution in [0.2, 0.25) is 0 Å². The van der Waals surface area contributed by atoms with Gasteiger partial charge in [0.2, 0.25) is 11.8 Å². The number of aromatic hydroxyl groups is 1. The molecule has 3 amide bonds. The Hall–Kier alpha value is -6.52. The van der Waals surface area contributed by atoms with E-state index in [-0.39, 0.29) is 35.6 Å². The first-order valence-electron chi connectivity index (χ1n) is 22.0. The number of rotatable bonds is 11. The summed E-state index contributed by atoms with van der Waals surface area (Å²) in [7, 11) is 1.35. The summed E-state index contributed by atoms with van der Waals surface area (Å²) in [5.74, 6) is -0.376. The van der Waals surface area contributed by atoms with E-state index in [2.05, 4.69) is 39.7 Å². The number of thiophene rings is 1. The van der Waals surface area contributed by atoms with Crippen molar-refractivity contribution >= 4 is 52.1 Å². The van der Waals surface area contributed by atoms with Crippen molar-refractivity contribution in [3.63, 3.8) is 0 Å². The lowest BCUT2D eigenvalue weighted by atomic mass is 9.85. The molecule has 5 heterocycles. The van der Waals surface area contributed by atoms with Crippen LogP contribution in [0.4, 0.5) is 0 Å². The van der Waals surface area contributed by atoms with Gasteiger partial charge < -0.3 is 25.4 Å². The van der Waals surface area contributed by atoms with Crippen molar-refractivity contribution in [1.82, 2.24) is 35.3 Å². The van der Waals surface area contributed by atoms with Gasteiger partial charge >= 0.3 is 5.97 Å². The fourth-order valence-corrected chi connectivity index (χ4v) is 10.7. The van der Waals surface area contributed by atoms with Crippen LogP contribution in [0, 0.1) is 33.1 Å². The van der Waals surface area contributed by atoms with Crippen molar-refractivity contribution in [1.29, 1.82) is 0 Å². The normalized spacial score (nSPS) is 16.7. The van der Waals surface area contributed by atoms with E-state index < -0.39 is 35.4 Å². The zero-order valence-electron chi connectivity index (χ0n) is 38.6. The van der Waals surface area contributed by atoms with E-state index in [1.165, 1.54) is 13.2 Å². The number of esters is 1. The van der Waals surface area contributed by atoms with Crippen molar-refractivity contribution in [3.8, 4) is 32.3 Å². The van der Waals surface area contributed by atoms with Gasteiger partial charge in [-0.3, -0.25) is 28.7 Å². The van der Waals surface area contributed by atoms with E-state index in [4.69, 9.17) is 9.73 Å². The van der Waals surface area contributed by atoms with Crippen molar-refractivity contribution in [2.45, 2.75) is 98.8 Å². The van der Waals surface area contributed by atoms with Gasteiger partial charge in [-0.05, 0) is 93.3 Å². The molecule has 3 aromatic carbocycles. The molecule has 66 heavy (non-hydrogen) atoms. The molecule has 8 rings (SSSR count). The van der Waals surface area contributed by atoms with E-state index in [1.54, 1.807) is 39.7 Å². The number of carbonyl (C=O) groups is 4. The lowest BCUT2D eigenvalue weighted by molar-refractivity contribution is -0.142. The maximum Gasteiger partial charge on any atom is 0.308 e. The highest BCUT2D eigenvalue weighted by Crippen LogP contribution is 2.40. The molecule has 1 fully saturated rings. The molecule has 6 aromatic rings. The topological polar surface area (TPSA) is 181 Å². The van der Waals surface area contributed by atoms with Crippen LogP contribution in [0.15, 0.2) is 77.2 Å². The van der Waals surface area contributed by atoms with Crippen molar-refractivity contribution < 1.29 is 29.0 Å². The maximum absolute atomic E-state index is 14.3. The van der Waals surface area contributed by atoms with Crippen molar-refractivity contribution in [2.75, 3.05) is 13.7 Å². The van der Waals surface area contributed by atoms with Gasteiger partial charge in [0.1, 0.15) is 34.7 Å². The third kappa shape index (κ3) is 8.91. The number of thiazole rings is 1. The highest BCUT2D eigenvalue weighted by atomic mass is 32.1. The fourth-order valence-electron chi connectivity index (χ4n) is 8.72. The Kier molecular flexibility index (Phi) is 12.8. The molecule has 0 saturated carbocycles. The van der Waals surface area contributed by atoms with Gasteiger partial charge in [-0.1, -0.05) is 69.3 Å². The Morgan fingerprint density at radius 1 is 0.924 bits per heavy atom. The first-order chi connectivity index (χ1) is 31.4. The molecular formula is C50H54N8O6S2. The third-order valence-corrected chi connectivity index (χ3v) is 14.7. The summed E-state index contributed by atoms with van der Waals surface area (Å²) in [4.78, 5) is 67.9. The quantitative estimate of drug-likeness (QED) is 0.107. The summed E-state index contributed by atoms with van der Waals surface area (Å²) < 4.78 is 7.00. The number of aliphatic imine (C=N–C) groups is 1. The molecule has 2 aliphatic rings. The van der Waals surface area contributed by atoms with E-state index >= 15 is 0 Å². The number of aromatic nitrogens is 4. The Balaban J connectivity index is 0.973. The number of aryl methyl sites for hydroxylation is 3. The van der Waals surface area contributed by atoms with Crippen molar-refractivity contribution in [2.24, 2.45) is 10.4 Å². The number of benzene rings is 3. The van der Waals surface area contributed by atoms with E-state index in [0.717, 1.165) is 48.3 Å². The number of carbonyl (C=O) groups excluding carboxylic acids is 4. The molecule has 16 heteroatoms. The van der Waals surface area contributed by atoms with E-state index in [1.807, 2.05) is 100 Å². The average molecular weight is 927 g/mol. The largest absolute Gasteiger partial charge is 0.507 e. The lowest BCUT2D eigenvalue weighted by Crippen LogP contribution is -2.57. The molecule has 4 unspecified atom stereocenters. The summed E-state index contributed by atoms with van der Waals surface area (Å²) in [5.41, 5.74) is 9.00. The first kappa shape index (κ1) is 46.0. The third-order valence-electron chi connectivity index (χ3n) is 12.6. The minimum Gasteiger partial charge on any atom is -0.507 e. The molecule has 1 saturated heterocycles. The zero-order valence-corrected chi connectivity index (χ0v) is 40.2.